The maximum Gasteiger partial charge on any atom is 0.234 e. The second-order valence-corrected chi connectivity index (χ2v) is 13.2. The maximum absolute atomic E-state index is 13.9. The molecular weight excluding hydrogens is 546 g/mol. The monoisotopic (exact) mass is 589 g/mol. The molecule has 4 aliphatic rings. The number of nitrogens with zero attached hydrogens (tertiary/aromatic N) is 1. The standard InChI is InChI=1S/C39H43NO4/c1-2-11-28-23-32-37(39(43)40(38(32)42)29-14-7-4-8-15-29)33-24-44-35(36(28)33)21-19-26(25-12-5-3-6-13-25)22-27-18-20-34(41)31-17-10-9-16-30(27)31/h3,5-6,9-10,12-13,16-18,20,22,29,32-33,35,37,41H,2,4,7-8,11,14-15,19,21,23-24H2,1H3/b26-22-/t32-,33+,35-,37-/m1/s1. The highest BCUT2D eigenvalue weighted by Gasteiger charge is 2.58. The Bertz CT molecular complexity index is 1620. The first-order valence-corrected chi connectivity index (χ1v) is 16.7. The summed E-state index contributed by atoms with van der Waals surface area (Å²) in [4.78, 5) is 29.4. The summed E-state index contributed by atoms with van der Waals surface area (Å²) in [5.74, 6) is -0.0354. The van der Waals surface area contributed by atoms with Crippen LogP contribution < -0.4 is 0 Å². The van der Waals surface area contributed by atoms with Crippen LogP contribution in [0.2, 0.25) is 0 Å². The summed E-state index contributed by atoms with van der Waals surface area (Å²) in [6.07, 6.45) is 11.8. The molecule has 5 heteroatoms. The zero-order chi connectivity index (χ0) is 30.2. The number of phenols is 1. The number of ether oxygens (including phenoxy) is 1. The lowest BCUT2D eigenvalue weighted by molar-refractivity contribution is -0.143. The molecule has 44 heavy (non-hydrogen) atoms. The first-order valence-electron chi connectivity index (χ1n) is 16.7. The Morgan fingerprint density at radius 3 is 2.43 bits per heavy atom. The highest BCUT2D eigenvalue weighted by molar-refractivity contribution is 6.06. The summed E-state index contributed by atoms with van der Waals surface area (Å²) in [6, 6.07) is 22.3. The first kappa shape index (κ1) is 29.0. The van der Waals surface area contributed by atoms with Crippen molar-refractivity contribution in [1.29, 1.82) is 0 Å². The molecule has 0 bridgehead atoms. The molecule has 1 saturated carbocycles. The molecular formula is C39H43NO4. The molecule has 228 valence electrons. The largest absolute Gasteiger partial charge is 0.507 e. The predicted molar refractivity (Wildman–Crippen MR) is 175 cm³/mol. The van der Waals surface area contributed by atoms with Gasteiger partial charge in [-0.15, -0.1) is 0 Å². The number of carbonyl (C=O) groups is 2. The van der Waals surface area contributed by atoms with Crippen molar-refractivity contribution in [3.05, 3.63) is 89.0 Å². The van der Waals surface area contributed by atoms with Crippen molar-refractivity contribution in [3.63, 3.8) is 0 Å². The molecule has 0 spiro atoms. The van der Waals surface area contributed by atoms with Gasteiger partial charge in [0.05, 0.1) is 24.5 Å². The Labute approximate surface area is 260 Å². The Morgan fingerprint density at radius 1 is 0.909 bits per heavy atom. The van der Waals surface area contributed by atoms with Crippen LogP contribution >= 0.6 is 0 Å². The molecule has 4 atom stereocenters. The lowest BCUT2D eigenvalue weighted by Crippen LogP contribution is -2.42. The molecule has 2 aliphatic heterocycles. The topological polar surface area (TPSA) is 66.8 Å². The second-order valence-electron chi connectivity index (χ2n) is 13.2. The van der Waals surface area contributed by atoms with Crippen LogP contribution in [0.5, 0.6) is 5.75 Å². The number of likely N-dealkylation sites (tertiary alicyclic amines) is 1. The lowest BCUT2D eigenvalue weighted by atomic mass is 9.68. The zero-order valence-corrected chi connectivity index (χ0v) is 25.7. The van der Waals surface area contributed by atoms with Gasteiger partial charge in [0.15, 0.2) is 0 Å². The van der Waals surface area contributed by atoms with E-state index in [1.807, 2.05) is 30.3 Å². The van der Waals surface area contributed by atoms with Gasteiger partial charge < -0.3 is 9.84 Å². The number of amides is 2. The summed E-state index contributed by atoms with van der Waals surface area (Å²) in [5.41, 5.74) is 6.15. The van der Waals surface area contributed by atoms with E-state index in [9.17, 15) is 14.7 Å². The van der Waals surface area contributed by atoms with Gasteiger partial charge in [-0.05, 0) is 72.3 Å². The van der Waals surface area contributed by atoms with Crippen LogP contribution in [0.4, 0.5) is 0 Å². The molecule has 7 rings (SSSR count). The number of allylic oxidation sites excluding steroid dienone is 2. The van der Waals surface area contributed by atoms with Crippen molar-refractivity contribution in [2.75, 3.05) is 6.61 Å². The molecule has 3 aromatic carbocycles. The van der Waals surface area contributed by atoms with Crippen molar-refractivity contribution < 1.29 is 19.4 Å². The number of benzene rings is 3. The van der Waals surface area contributed by atoms with Crippen LogP contribution in [0, 0.1) is 17.8 Å². The summed E-state index contributed by atoms with van der Waals surface area (Å²) >= 11 is 0. The number of rotatable bonds is 8. The number of hydrogen-bond acceptors (Lipinski definition) is 4. The van der Waals surface area contributed by atoms with E-state index in [0.717, 1.165) is 67.7 Å². The third-order valence-electron chi connectivity index (χ3n) is 10.6. The van der Waals surface area contributed by atoms with Gasteiger partial charge in [-0.2, -0.15) is 0 Å². The van der Waals surface area contributed by atoms with Crippen LogP contribution in [-0.2, 0) is 14.3 Å². The summed E-state index contributed by atoms with van der Waals surface area (Å²) in [5, 5.41) is 12.3. The van der Waals surface area contributed by atoms with E-state index in [1.165, 1.54) is 28.7 Å². The molecule has 0 aromatic heterocycles. The van der Waals surface area contributed by atoms with Crippen LogP contribution in [0.25, 0.3) is 22.4 Å². The highest BCUT2D eigenvalue weighted by Crippen LogP contribution is 2.51. The van der Waals surface area contributed by atoms with E-state index >= 15 is 0 Å². The Kier molecular flexibility index (Phi) is 8.16. The molecule has 2 aliphatic carbocycles. The van der Waals surface area contributed by atoms with Gasteiger partial charge in [0, 0.05) is 17.3 Å². The molecule has 3 aromatic rings. The lowest BCUT2D eigenvalue weighted by Gasteiger charge is -2.32. The summed E-state index contributed by atoms with van der Waals surface area (Å²) in [6.45, 7) is 2.73. The van der Waals surface area contributed by atoms with Crippen LogP contribution in [0.1, 0.15) is 82.3 Å². The van der Waals surface area contributed by atoms with E-state index in [-0.39, 0.29) is 47.5 Å². The Morgan fingerprint density at radius 2 is 1.66 bits per heavy atom. The summed E-state index contributed by atoms with van der Waals surface area (Å²) < 4.78 is 6.57. The minimum absolute atomic E-state index is 0.00976. The number of fused-ring (bicyclic) bond motifs is 4. The molecule has 3 fully saturated rings. The minimum Gasteiger partial charge on any atom is -0.507 e. The SMILES string of the molecule is CCCC1=C2[C@@H](CC/C(=C/c3ccc(O)c4ccccc34)c3ccccc3)OC[C@@H]2[C@@H]2C(=O)N(C3CCCCC3)C(=O)[C@@H]2C1. The van der Waals surface area contributed by atoms with Crippen LogP contribution in [0.15, 0.2) is 77.9 Å². The van der Waals surface area contributed by atoms with Crippen molar-refractivity contribution in [3.8, 4) is 5.75 Å². The molecule has 0 unspecified atom stereocenters. The number of hydrogen-bond donors (Lipinski definition) is 1. The third kappa shape index (κ3) is 5.19. The van der Waals surface area contributed by atoms with Crippen LogP contribution in [0.3, 0.4) is 0 Å². The van der Waals surface area contributed by atoms with E-state index in [2.05, 4.69) is 43.3 Å². The highest BCUT2D eigenvalue weighted by atomic mass is 16.5. The van der Waals surface area contributed by atoms with Crippen molar-refractivity contribution in [1.82, 2.24) is 4.90 Å². The fourth-order valence-corrected chi connectivity index (χ4v) is 8.59. The van der Waals surface area contributed by atoms with Crippen molar-refractivity contribution in [2.45, 2.75) is 83.3 Å². The van der Waals surface area contributed by atoms with Gasteiger partial charge in [-0.3, -0.25) is 14.5 Å². The maximum atomic E-state index is 13.9. The van der Waals surface area contributed by atoms with Gasteiger partial charge in [0.2, 0.25) is 11.8 Å². The Balaban J connectivity index is 1.18. The molecule has 2 saturated heterocycles. The first-order chi connectivity index (χ1) is 21.5. The molecule has 2 amide bonds. The van der Waals surface area contributed by atoms with E-state index in [4.69, 9.17) is 4.74 Å². The number of carbonyl (C=O) groups excluding carboxylic acids is 2. The van der Waals surface area contributed by atoms with E-state index in [0.29, 0.717) is 13.0 Å². The van der Waals surface area contributed by atoms with E-state index in [1.54, 1.807) is 11.0 Å². The number of phenolic OH excluding ortho intramolecular Hbond substituents is 1. The third-order valence-corrected chi connectivity index (χ3v) is 10.6. The average Bonchev–Trinajstić information content (AvgIpc) is 3.59. The van der Waals surface area contributed by atoms with Crippen molar-refractivity contribution in [2.24, 2.45) is 17.8 Å². The molecule has 0 radical (unpaired) electrons. The molecule has 5 nitrogen and oxygen atoms in total. The fraction of sp³-hybridized carbons (Fsp3) is 0.436. The van der Waals surface area contributed by atoms with E-state index < -0.39 is 0 Å². The van der Waals surface area contributed by atoms with Crippen LogP contribution in [-0.4, -0.2) is 40.6 Å². The zero-order valence-electron chi connectivity index (χ0n) is 25.7. The van der Waals surface area contributed by atoms with Crippen molar-refractivity contribution >= 4 is 34.2 Å². The molecule has 1 N–H and O–H groups in total. The average molecular weight is 590 g/mol. The molecule has 2 heterocycles. The fourth-order valence-electron chi connectivity index (χ4n) is 8.59. The van der Waals surface area contributed by atoms with Gasteiger partial charge in [-0.1, -0.05) is 105 Å². The smallest absolute Gasteiger partial charge is 0.234 e. The predicted octanol–water partition coefficient (Wildman–Crippen LogP) is 8.32. The second kappa shape index (κ2) is 12.4. The van der Waals surface area contributed by atoms with Gasteiger partial charge in [0.25, 0.3) is 0 Å². The number of imide groups is 1. The quantitative estimate of drug-likeness (QED) is 0.163. The Hall–Kier alpha value is -3.70. The van der Waals surface area contributed by atoms with Gasteiger partial charge in [-0.25, -0.2) is 0 Å². The van der Waals surface area contributed by atoms with Gasteiger partial charge in [0.1, 0.15) is 5.75 Å². The number of aromatic hydroxyl groups is 1. The minimum atomic E-state index is -0.266. The van der Waals surface area contributed by atoms with Gasteiger partial charge >= 0.3 is 0 Å². The normalized spacial score (nSPS) is 26.0. The summed E-state index contributed by atoms with van der Waals surface area (Å²) in [7, 11) is 0.